The van der Waals surface area contributed by atoms with Crippen LogP contribution in [0.2, 0.25) is 0 Å². The molecule has 0 bridgehead atoms. The highest BCUT2D eigenvalue weighted by Gasteiger charge is 2.18. The van der Waals surface area contributed by atoms with Crippen molar-refractivity contribution in [1.29, 1.82) is 0 Å². The molecule has 10 rings (SSSR count). The topological polar surface area (TPSA) is 51.8 Å². The average molecular weight is 683 g/mol. The van der Waals surface area contributed by atoms with Crippen LogP contribution in [0.5, 0.6) is 0 Å². The predicted octanol–water partition coefficient (Wildman–Crippen LogP) is 12.9. The van der Waals surface area contributed by atoms with Gasteiger partial charge in [0.25, 0.3) is 0 Å². The fourth-order valence-electron chi connectivity index (χ4n) is 6.97. The third kappa shape index (κ3) is 5.73. The van der Waals surface area contributed by atoms with Gasteiger partial charge in [-0.2, -0.15) is 0 Å². The number of hydrogen-bond acceptors (Lipinski definition) is 4. The highest BCUT2D eigenvalue weighted by molar-refractivity contribution is 6.13. The molecule has 0 saturated heterocycles. The smallest absolute Gasteiger partial charge is 0.164 e. The first-order valence-corrected chi connectivity index (χ1v) is 17.4. The first-order valence-electron chi connectivity index (χ1n) is 19.9. The Kier molecular flexibility index (Phi) is 6.24. The Morgan fingerprint density at radius 3 is 1.64 bits per heavy atom. The van der Waals surface area contributed by atoms with E-state index >= 15 is 0 Å². The standard InChI is InChI=1S/C49H31N3O/c1-4-13-32(14-5-1)34-23-25-36(26-24-34)48-50-47(35-17-8-3-9-18-35)51-49(52-48)41-28-39(33-15-6-2-7-16-33)27-40(29-41)42-21-12-22-43-44-30-37-19-10-11-20-38(37)31-45(44)53-46(42)43/h1-31H/i3D,8D,9D,17D,18D. The minimum absolute atomic E-state index is 0.0257. The molecule has 0 atom stereocenters. The normalized spacial score (nSPS) is 12.7. The van der Waals surface area contributed by atoms with Gasteiger partial charge in [-0.25, -0.2) is 15.0 Å². The van der Waals surface area contributed by atoms with Crippen LogP contribution in [-0.4, -0.2) is 15.0 Å². The zero-order valence-corrected chi connectivity index (χ0v) is 28.3. The minimum atomic E-state index is -0.488. The maximum atomic E-state index is 8.83. The summed E-state index contributed by atoms with van der Waals surface area (Å²) in [6.07, 6.45) is 0. The molecule has 0 radical (unpaired) electrons. The third-order valence-corrected chi connectivity index (χ3v) is 9.58. The van der Waals surface area contributed by atoms with Gasteiger partial charge in [0.15, 0.2) is 17.5 Å². The van der Waals surface area contributed by atoms with Crippen LogP contribution in [0.3, 0.4) is 0 Å². The summed E-state index contributed by atoms with van der Waals surface area (Å²) in [5.74, 6) is 0.549. The van der Waals surface area contributed by atoms with E-state index in [1.165, 1.54) is 0 Å². The van der Waals surface area contributed by atoms with Crippen LogP contribution in [0.1, 0.15) is 6.85 Å². The van der Waals surface area contributed by atoms with E-state index in [1.54, 1.807) is 0 Å². The first kappa shape index (κ1) is 25.7. The van der Waals surface area contributed by atoms with Crippen molar-refractivity contribution >= 4 is 32.7 Å². The fourth-order valence-corrected chi connectivity index (χ4v) is 6.97. The summed E-state index contributed by atoms with van der Waals surface area (Å²) in [5.41, 5.74) is 8.47. The molecule has 2 heterocycles. The number of nitrogens with zero attached hydrogens (tertiary/aromatic N) is 3. The van der Waals surface area contributed by atoms with Crippen LogP contribution < -0.4 is 0 Å². The monoisotopic (exact) mass is 682 g/mol. The van der Waals surface area contributed by atoms with Crippen LogP contribution in [-0.2, 0) is 0 Å². The number of hydrogen-bond donors (Lipinski definition) is 0. The van der Waals surface area contributed by atoms with Crippen molar-refractivity contribution < 1.29 is 11.3 Å². The molecule has 0 aliphatic rings. The van der Waals surface area contributed by atoms with Gasteiger partial charge in [0.2, 0.25) is 0 Å². The van der Waals surface area contributed by atoms with Gasteiger partial charge in [0, 0.05) is 33.0 Å². The number of benzene rings is 8. The molecule has 0 amide bonds. The van der Waals surface area contributed by atoms with E-state index in [0.717, 1.165) is 66.1 Å². The average Bonchev–Trinajstić information content (AvgIpc) is 3.65. The third-order valence-electron chi connectivity index (χ3n) is 9.58. The summed E-state index contributed by atoms with van der Waals surface area (Å²) in [4.78, 5) is 14.7. The van der Waals surface area contributed by atoms with E-state index in [2.05, 4.69) is 36.4 Å². The van der Waals surface area contributed by atoms with E-state index in [0.29, 0.717) is 17.0 Å². The lowest BCUT2D eigenvalue weighted by Gasteiger charge is -2.13. The van der Waals surface area contributed by atoms with E-state index < -0.39 is 30.2 Å². The second kappa shape index (κ2) is 12.9. The molecule has 0 fully saturated rings. The highest BCUT2D eigenvalue weighted by Crippen LogP contribution is 2.40. The minimum Gasteiger partial charge on any atom is -0.455 e. The lowest BCUT2D eigenvalue weighted by Crippen LogP contribution is -2.00. The molecule has 0 N–H and O–H groups in total. The largest absolute Gasteiger partial charge is 0.455 e. The summed E-state index contributed by atoms with van der Waals surface area (Å²) in [6.45, 7) is 0. The molecule has 248 valence electrons. The molecule has 0 saturated carbocycles. The molecule has 4 nitrogen and oxygen atoms in total. The quantitative estimate of drug-likeness (QED) is 0.175. The number of para-hydroxylation sites is 1. The molecule has 10 aromatic rings. The molecule has 0 aliphatic carbocycles. The van der Waals surface area contributed by atoms with E-state index in [9.17, 15) is 0 Å². The summed E-state index contributed by atoms with van der Waals surface area (Å²) < 4.78 is 49.4. The van der Waals surface area contributed by atoms with Crippen LogP contribution in [0.25, 0.3) is 100 Å². The van der Waals surface area contributed by atoms with Crippen LogP contribution >= 0.6 is 0 Å². The zero-order chi connectivity index (χ0) is 39.5. The van der Waals surface area contributed by atoms with Gasteiger partial charge >= 0.3 is 0 Å². The summed E-state index contributed by atoms with van der Waals surface area (Å²) >= 11 is 0. The number of rotatable bonds is 6. The highest BCUT2D eigenvalue weighted by atomic mass is 16.3. The lowest BCUT2D eigenvalue weighted by atomic mass is 9.94. The van der Waals surface area contributed by atoms with Gasteiger partial charge in [-0.05, 0) is 68.9 Å². The molecule has 0 aliphatic heterocycles. The summed E-state index contributed by atoms with van der Waals surface area (Å²) in [5, 5.41) is 4.25. The van der Waals surface area contributed by atoms with Crippen molar-refractivity contribution in [1.82, 2.24) is 15.0 Å². The number of furan rings is 1. The van der Waals surface area contributed by atoms with Crippen molar-refractivity contribution in [3.63, 3.8) is 0 Å². The van der Waals surface area contributed by atoms with Gasteiger partial charge in [-0.3, -0.25) is 0 Å². The summed E-state index contributed by atoms with van der Waals surface area (Å²) in [6, 6.07) is 50.5. The molecule has 8 aromatic carbocycles. The van der Waals surface area contributed by atoms with Crippen LogP contribution in [0.4, 0.5) is 0 Å². The van der Waals surface area contributed by atoms with E-state index in [-0.39, 0.29) is 17.2 Å². The van der Waals surface area contributed by atoms with E-state index in [4.69, 9.17) is 26.2 Å². The Hall–Kier alpha value is -7.17. The van der Waals surface area contributed by atoms with Crippen molar-refractivity contribution in [2.24, 2.45) is 0 Å². The first-order chi connectivity index (χ1) is 28.3. The Bertz CT molecular complexity index is 3190. The van der Waals surface area contributed by atoms with Crippen LogP contribution in [0.15, 0.2) is 192 Å². The van der Waals surface area contributed by atoms with Crippen LogP contribution in [0, 0.1) is 0 Å². The molecular formula is C49H31N3O. The van der Waals surface area contributed by atoms with E-state index in [1.807, 2.05) is 121 Å². The molecule has 4 heteroatoms. The van der Waals surface area contributed by atoms with Gasteiger partial charge in [-0.1, -0.05) is 158 Å². The molecular weight excluding hydrogens is 647 g/mol. The van der Waals surface area contributed by atoms with Gasteiger partial charge in [0.05, 0.1) is 6.85 Å². The molecule has 0 spiro atoms. The fraction of sp³-hybridized carbons (Fsp3) is 0. The molecule has 0 unspecified atom stereocenters. The maximum absolute atomic E-state index is 8.83. The van der Waals surface area contributed by atoms with Gasteiger partial charge < -0.3 is 4.42 Å². The second-order valence-electron chi connectivity index (χ2n) is 12.9. The lowest BCUT2D eigenvalue weighted by molar-refractivity contribution is 0.670. The Balaban J connectivity index is 1.21. The van der Waals surface area contributed by atoms with Crippen molar-refractivity contribution in [2.45, 2.75) is 0 Å². The Labute approximate surface area is 313 Å². The second-order valence-corrected chi connectivity index (χ2v) is 12.9. The number of aromatic nitrogens is 3. The number of fused-ring (bicyclic) bond motifs is 4. The van der Waals surface area contributed by atoms with Crippen molar-refractivity contribution in [2.75, 3.05) is 0 Å². The Morgan fingerprint density at radius 2 is 0.925 bits per heavy atom. The van der Waals surface area contributed by atoms with Gasteiger partial charge in [0.1, 0.15) is 11.2 Å². The zero-order valence-electron chi connectivity index (χ0n) is 33.3. The summed E-state index contributed by atoms with van der Waals surface area (Å²) in [7, 11) is 0. The van der Waals surface area contributed by atoms with Crippen molar-refractivity contribution in [3.8, 4) is 67.5 Å². The molecule has 53 heavy (non-hydrogen) atoms. The maximum Gasteiger partial charge on any atom is 0.164 e. The van der Waals surface area contributed by atoms with Gasteiger partial charge in [-0.15, -0.1) is 0 Å². The molecule has 2 aromatic heterocycles. The SMILES string of the molecule is [2H]c1c([2H])c([2H])c(-c2nc(-c3ccc(-c4ccccc4)cc3)nc(-c3cc(-c4ccccc4)cc(-c4cccc5c4oc4cc6ccccc6cc45)c3)n2)c([2H])c1[2H]. The van der Waals surface area contributed by atoms with Crippen molar-refractivity contribution in [3.05, 3.63) is 188 Å². The Morgan fingerprint density at radius 1 is 0.377 bits per heavy atom. The predicted molar refractivity (Wildman–Crippen MR) is 217 cm³/mol.